The standard InChI is InChI=1S/C12H14ClF3N2O3S/c1-22(20,21)5-4-10(17)11(19)18-7-2-3-9(13)8(6-7)12(14,15)16/h2-3,6,10H,4-5,17H2,1H3,(H,18,19). The van der Waals surface area contributed by atoms with Crippen molar-refractivity contribution in [3.63, 3.8) is 0 Å². The van der Waals surface area contributed by atoms with E-state index in [0.29, 0.717) is 6.07 Å². The van der Waals surface area contributed by atoms with Gasteiger partial charge in [-0.05, 0) is 24.6 Å². The van der Waals surface area contributed by atoms with E-state index in [9.17, 15) is 26.4 Å². The molecule has 1 aromatic rings. The van der Waals surface area contributed by atoms with E-state index in [-0.39, 0.29) is 17.9 Å². The maximum atomic E-state index is 12.7. The summed E-state index contributed by atoms with van der Waals surface area (Å²) >= 11 is 5.46. The molecule has 3 N–H and O–H groups in total. The molecule has 1 amide bonds. The van der Waals surface area contributed by atoms with Crippen LogP contribution in [0.4, 0.5) is 18.9 Å². The molecule has 1 rings (SSSR count). The first-order chi connectivity index (χ1) is 9.90. The molecule has 0 bridgehead atoms. The van der Waals surface area contributed by atoms with Gasteiger partial charge in [-0.15, -0.1) is 0 Å². The summed E-state index contributed by atoms with van der Waals surface area (Å²) in [7, 11) is -3.28. The summed E-state index contributed by atoms with van der Waals surface area (Å²) in [4.78, 5) is 11.7. The van der Waals surface area contributed by atoms with Gasteiger partial charge in [0.05, 0.1) is 22.4 Å². The highest BCUT2D eigenvalue weighted by Crippen LogP contribution is 2.36. The minimum Gasteiger partial charge on any atom is -0.325 e. The van der Waals surface area contributed by atoms with Crippen LogP contribution in [0, 0.1) is 0 Å². The number of nitrogens with one attached hydrogen (secondary N) is 1. The number of amides is 1. The van der Waals surface area contributed by atoms with Gasteiger partial charge in [0.25, 0.3) is 0 Å². The lowest BCUT2D eigenvalue weighted by molar-refractivity contribution is -0.137. The van der Waals surface area contributed by atoms with Crippen molar-refractivity contribution in [2.75, 3.05) is 17.3 Å². The first-order valence-electron chi connectivity index (χ1n) is 6.01. The van der Waals surface area contributed by atoms with Crippen molar-refractivity contribution in [1.29, 1.82) is 0 Å². The van der Waals surface area contributed by atoms with Gasteiger partial charge in [-0.2, -0.15) is 13.2 Å². The average molecular weight is 359 g/mol. The Morgan fingerprint density at radius 1 is 1.41 bits per heavy atom. The lowest BCUT2D eigenvalue weighted by Gasteiger charge is -2.14. The maximum absolute atomic E-state index is 12.7. The van der Waals surface area contributed by atoms with Crippen molar-refractivity contribution in [2.45, 2.75) is 18.6 Å². The summed E-state index contributed by atoms with van der Waals surface area (Å²) in [5, 5.41) is 1.71. The molecule has 0 radical (unpaired) electrons. The lowest BCUT2D eigenvalue weighted by atomic mass is 10.1. The topological polar surface area (TPSA) is 89.3 Å². The molecule has 1 atom stereocenters. The van der Waals surface area contributed by atoms with Crippen LogP contribution < -0.4 is 11.1 Å². The Hall–Kier alpha value is -1.32. The van der Waals surface area contributed by atoms with Crippen molar-refractivity contribution in [1.82, 2.24) is 0 Å². The highest BCUT2D eigenvalue weighted by molar-refractivity contribution is 7.90. The minimum atomic E-state index is -4.66. The molecule has 5 nitrogen and oxygen atoms in total. The van der Waals surface area contributed by atoms with Crippen LogP contribution in [0.3, 0.4) is 0 Å². The molecule has 22 heavy (non-hydrogen) atoms. The zero-order valence-electron chi connectivity index (χ0n) is 11.4. The van der Waals surface area contributed by atoms with Crippen LogP contribution >= 0.6 is 11.6 Å². The largest absolute Gasteiger partial charge is 0.417 e. The fourth-order valence-electron chi connectivity index (χ4n) is 1.53. The number of halogens is 4. The van der Waals surface area contributed by atoms with E-state index in [2.05, 4.69) is 5.32 Å². The average Bonchev–Trinajstić information content (AvgIpc) is 2.35. The highest BCUT2D eigenvalue weighted by Gasteiger charge is 2.33. The Bertz CT molecular complexity index is 662. The van der Waals surface area contributed by atoms with Crippen molar-refractivity contribution in [2.24, 2.45) is 5.73 Å². The zero-order chi connectivity index (χ0) is 17.1. The summed E-state index contributed by atoms with van der Waals surface area (Å²) in [6.07, 6.45) is -3.80. The third-order valence-corrected chi connectivity index (χ3v) is 3.98. The van der Waals surface area contributed by atoms with Gasteiger partial charge < -0.3 is 11.1 Å². The highest BCUT2D eigenvalue weighted by atomic mass is 35.5. The normalized spacial score (nSPS) is 13.7. The van der Waals surface area contributed by atoms with Crippen LogP contribution in [-0.2, 0) is 20.8 Å². The molecule has 1 unspecified atom stereocenters. The van der Waals surface area contributed by atoms with E-state index < -0.39 is 38.5 Å². The van der Waals surface area contributed by atoms with E-state index >= 15 is 0 Å². The smallest absolute Gasteiger partial charge is 0.325 e. The van der Waals surface area contributed by atoms with Crippen molar-refractivity contribution >= 4 is 33.0 Å². The summed E-state index contributed by atoms with van der Waals surface area (Å²) < 4.78 is 60.0. The fraction of sp³-hybridized carbons (Fsp3) is 0.417. The van der Waals surface area contributed by atoms with Crippen molar-refractivity contribution in [3.8, 4) is 0 Å². The molecule has 1 aromatic carbocycles. The Balaban J connectivity index is 2.80. The summed E-state index contributed by atoms with van der Waals surface area (Å²) in [5.41, 5.74) is 4.29. The lowest BCUT2D eigenvalue weighted by Crippen LogP contribution is -2.37. The Morgan fingerprint density at radius 2 is 2.00 bits per heavy atom. The SMILES string of the molecule is CS(=O)(=O)CCC(N)C(=O)Nc1ccc(Cl)c(C(F)(F)F)c1. The molecule has 124 valence electrons. The zero-order valence-corrected chi connectivity index (χ0v) is 13.0. The van der Waals surface area contributed by atoms with Gasteiger partial charge in [-0.25, -0.2) is 8.42 Å². The maximum Gasteiger partial charge on any atom is 0.417 e. The molecule has 10 heteroatoms. The number of carbonyl (C=O) groups is 1. The molecule has 0 aliphatic carbocycles. The van der Waals surface area contributed by atoms with Crippen LogP contribution in [-0.4, -0.2) is 32.4 Å². The number of hydrogen-bond donors (Lipinski definition) is 2. The Labute approximate surface area is 130 Å². The van der Waals surface area contributed by atoms with Gasteiger partial charge in [0, 0.05) is 11.9 Å². The van der Waals surface area contributed by atoms with Gasteiger partial charge in [0.2, 0.25) is 5.91 Å². The van der Waals surface area contributed by atoms with Gasteiger partial charge >= 0.3 is 6.18 Å². The first-order valence-corrected chi connectivity index (χ1v) is 8.45. The third kappa shape index (κ3) is 5.82. The molecule has 0 saturated carbocycles. The van der Waals surface area contributed by atoms with Crippen molar-refractivity contribution < 1.29 is 26.4 Å². The van der Waals surface area contributed by atoms with E-state index in [1.54, 1.807) is 0 Å². The second kappa shape index (κ2) is 6.84. The van der Waals surface area contributed by atoms with Crippen LogP contribution in [0.1, 0.15) is 12.0 Å². The second-order valence-corrected chi connectivity index (χ2v) is 7.37. The monoisotopic (exact) mass is 358 g/mol. The molecule has 0 heterocycles. The third-order valence-electron chi connectivity index (χ3n) is 2.68. The van der Waals surface area contributed by atoms with Crippen LogP contribution in [0.25, 0.3) is 0 Å². The van der Waals surface area contributed by atoms with Gasteiger partial charge in [0.1, 0.15) is 9.84 Å². The Kier molecular flexibility index (Phi) is 5.82. The van der Waals surface area contributed by atoms with Crippen LogP contribution in [0.15, 0.2) is 18.2 Å². The number of carbonyl (C=O) groups excluding carboxylic acids is 1. The quantitative estimate of drug-likeness (QED) is 0.843. The molecular formula is C12H14ClF3N2O3S. The number of anilines is 1. The second-order valence-electron chi connectivity index (χ2n) is 4.71. The number of benzene rings is 1. The molecule has 0 spiro atoms. The number of nitrogens with two attached hydrogens (primary N) is 1. The molecule has 0 fully saturated rings. The summed E-state index contributed by atoms with van der Waals surface area (Å²) in [6.45, 7) is 0. The van der Waals surface area contributed by atoms with Crippen LogP contribution in [0.5, 0.6) is 0 Å². The summed E-state index contributed by atoms with van der Waals surface area (Å²) in [5.74, 6) is -1.07. The van der Waals surface area contributed by atoms with Gasteiger partial charge in [-0.1, -0.05) is 11.6 Å². The predicted molar refractivity (Wildman–Crippen MR) is 77.4 cm³/mol. The molecule has 0 saturated heterocycles. The molecule has 0 aromatic heterocycles. The fourth-order valence-corrected chi connectivity index (χ4v) is 2.43. The van der Waals surface area contributed by atoms with E-state index in [1.165, 1.54) is 6.07 Å². The summed E-state index contributed by atoms with van der Waals surface area (Å²) in [6, 6.07) is 1.73. The van der Waals surface area contributed by atoms with E-state index in [0.717, 1.165) is 12.3 Å². The number of alkyl halides is 3. The minimum absolute atomic E-state index is 0.128. The van der Waals surface area contributed by atoms with Gasteiger partial charge in [-0.3, -0.25) is 4.79 Å². The predicted octanol–water partition coefficient (Wildman–Crippen LogP) is 2.06. The molecular weight excluding hydrogens is 345 g/mol. The number of rotatable bonds is 5. The van der Waals surface area contributed by atoms with Crippen LogP contribution in [0.2, 0.25) is 5.02 Å². The number of sulfone groups is 1. The van der Waals surface area contributed by atoms with Gasteiger partial charge in [0.15, 0.2) is 0 Å². The Morgan fingerprint density at radius 3 is 2.50 bits per heavy atom. The van der Waals surface area contributed by atoms with E-state index in [4.69, 9.17) is 17.3 Å². The number of hydrogen-bond acceptors (Lipinski definition) is 4. The molecule has 0 aliphatic heterocycles. The first kappa shape index (κ1) is 18.7. The molecule has 0 aliphatic rings. The van der Waals surface area contributed by atoms with Crippen molar-refractivity contribution in [3.05, 3.63) is 28.8 Å². The van der Waals surface area contributed by atoms with E-state index in [1.807, 2.05) is 0 Å².